The second-order valence-corrected chi connectivity index (χ2v) is 6.55. The van der Waals surface area contributed by atoms with Gasteiger partial charge < -0.3 is 5.32 Å². The highest BCUT2D eigenvalue weighted by molar-refractivity contribution is 7.99. The smallest absolute Gasteiger partial charge is 0.287 e. The van der Waals surface area contributed by atoms with Crippen LogP contribution in [0.4, 0.5) is 10.1 Å². The fourth-order valence-electron chi connectivity index (χ4n) is 2.34. The van der Waals surface area contributed by atoms with Crippen LogP contribution in [-0.2, 0) is 4.79 Å². The lowest BCUT2D eigenvalue weighted by molar-refractivity contribution is -0.113. The van der Waals surface area contributed by atoms with E-state index in [4.69, 9.17) is 0 Å². The van der Waals surface area contributed by atoms with E-state index < -0.39 is 0 Å². The van der Waals surface area contributed by atoms with Gasteiger partial charge in [-0.1, -0.05) is 23.9 Å². The number of carbonyl (C=O) groups is 1. The highest BCUT2D eigenvalue weighted by atomic mass is 32.2. The molecule has 3 aromatic rings. The quantitative estimate of drug-likeness (QED) is 0.700. The minimum atomic E-state index is -0.373. The van der Waals surface area contributed by atoms with Gasteiger partial charge in [-0.25, -0.2) is 9.37 Å². The number of halogens is 1. The third kappa shape index (κ3) is 4.37. The first-order valence-electron chi connectivity index (χ1n) is 7.86. The van der Waals surface area contributed by atoms with E-state index in [0.717, 1.165) is 23.0 Å². The largest absolute Gasteiger partial charge is 0.325 e. The Bertz CT molecular complexity index is 987. The maximum absolute atomic E-state index is 12.9. The molecule has 1 aromatic heterocycles. The van der Waals surface area contributed by atoms with Gasteiger partial charge in [-0.2, -0.15) is 0 Å². The maximum atomic E-state index is 12.9. The van der Waals surface area contributed by atoms with Gasteiger partial charge in [0.25, 0.3) is 5.56 Å². The Labute approximate surface area is 153 Å². The first-order valence-corrected chi connectivity index (χ1v) is 8.84. The van der Waals surface area contributed by atoms with Gasteiger partial charge in [-0.15, -0.1) is 0 Å². The Balaban J connectivity index is 1.70. The van der Waals surface area contributed by atoms with Crippen molar-refractivity contribution in [3.8, 4) is 5.69 Å². The van der Waals surface area contributed by atoms with E-state index in [1.165, 1.54) is 35.0 Å². The van der Waals surface area contributed by atoms with Crippen molar-refractivity contribution in [3.05, 3.63) is 82.7 Å². The molecule has 1 N–H and O–H groups in total. The monoisotopic (exact) mass is 369 g/mol. The van der Waals surface area contributed by atoms with Crippen LogP contribution in [0.15, 0.2) is 70.7 Å². The summed E-state index contributed by atoms with van der Waals surface area (Å²) in [7, 11) is 0. The summed E-state index contributed by atoms with van der Waals surface area (Å²) >= 11 is 1.06. The fraction of sp³-hybridized carbons (Fsp3) is 0.105. The third-order valence-electron chi connectivity index (χ3n) is 3.56. The molecule has 0 fully saturated rings. The van der Waals surface area contributed by atoms with Crippen molar-refractivity contribution in [3.63, 3.8) is 0 Å². The number of rotatable bonds is 5. The predicted molar refractivity (Wildman–Crippen MR) is 100 cm³/mol. The number of amides is 1. The fourth-order valence-corrected chi connectivity index (χ4v) is 3.04. The molecular formula is C19H16FN3O2S. The second-order valence-electron chi connectivity index (χ2n) is 5.59. The molecule has 0 aliphatic carbocycles. The van der Waals surface area contributed by atoms with Gasteiger partial charge in [-0.3, -0.25) is 14.2 Å². The van der Waals surface area contributed by atoms with Crippen molar-refractivity contribution in [2.45, 2.75) is 11.9 Å². The molecular weight excluding hydrogens is 353 g/mol. The van der Waals surface area contributed by atoms with Crippen molar-refractivity contribution in [2.24, 2.45) is 0 Å². The normalized spacial score (nSPS) is 10.5. The number of hydrogen-bond donors (Lipinski definition) is 1. The molecule has 7 heteroatoms. The lowest BCUT2D eigenvalue weighted by Gasteiger charge is -2.08. The minimum absolute atomic E-state index is 0.0252. The average molecular weight is 369 g/mol. The van der Waals surface area contributed by atoms with Gasteiger partial charge in [-0.05, 0) is 48.9 Å². The van der Waals surface area contributed by atoms with Crippen molar-refractivity contribution < 1.29 is 9.18 Å². The van der Waals surface area contributed by atoms with Gasteiger partial charge in [0, 0.05) is 23.8 Å². The molecule has 0 radical (unpaired) electrons. The number of aryl methyl sites for hydroxylation is 1. The summed E-state index contributed by atoms with van der Waals surface area (Å²) in [5.74, 6) is -0.645. The molecule has 0 saturated heterocycles. The standard InChI is InChI=1S/C19H16FN3O2S/c1-13-3-2-4-16(11-13)23-10-9-21-18(19(23)25)26-12-17(24)22-15-7-5-14(20)6-8-15/h2-11H,12H2,1H3,(H,22,24). The van der Waals surface area contributed by atoms with Crippen molar-refractivity contribution in [1.29, 1.82) is 0 Å². The van der Waals surface area contributed by atoms with Crippen LogP contribution in [-0.4, -0.2) is 21.2 Å². The van der Waals surface area contributed by atoms with Crippen molar-refractivity contribution >= 4 is 23.4 Å². The maximum Gasteiger partial charge on any atom is 0.287 e. The molecule has 0 bridgehead atoms. The number of benzene rings is 2. The van der Waals surface area contributed by atoms with Crippen LogP contribution in [0, 0.1) is 12.7 Å². The number of nitrogens with one attached hydrogen (secondary N) is 1. The predicted octanol–water partition coefficient (Wildman–Crippen LogP) is 3.41. The summed E-state index contributed by atoms with van der Waals surface area (Å²) in [6.07, 6.45) is 3.13. The third-order valence-corrected chi connectivity index (χ3v) is 4.52. The lowest BCUT2D eigenvalue weighted by atomic mass is 10.2. The molecule has 0 saturated carbocycles. The van der Waals surface area contributed by atoms with Crippen molar-refractivity contribution in [2.75, 3.05) is 11.1 Å². The molecule has 26 heavy (non-hydrogen) atoms. The number of thioether (sulfide) groups is 1. The number of carbonyl (C=O) groups excluding carboxylic acids is 1. The molecule has 2 aromatic carbocycles. The first-order chi connectivity index (χ1) is 12.5. The second kappa shape index (κ2) is 7.97. The molecule has 1 heterocycles. The highest BCUT2D eigenvalue weighted by Crippen LogP contribution is 2.14. The SMILES string of the molecule is Cc1cccc(-n2ccnc(SCC(=O)Nc3ccc(F)cc3)c2=O)c1. The zero-order chi connectivity index (χ0) is 18.5. The van der Waals surface area contributed by atoms with E-state index in [1.54, 1.807) is 6.20 Å². The van der Waals surface area contributed by atoms with Gasteiger partial charge >= 0.3 is 0 Å². The van der Waals surface area contributed by atoms with Crippen LogP contribution in [0.3, 0.4) is 0 Å². The number of hydrogen-bond acceptors (Lipinski definition) is 4. The van der Waals surface area contributed by atoms with E-state index in [0.29, 0.717) is 5.69 Å². The first kappa shape index (κ1) is 17.9. The van der Waals surface area contributed by atoms with Crippen LogP contribution >= 0.6 is 11.8 Å². The Morgan fingerprint density at radius 1 is 1.23 bits per heavy atom. The summed E-state index contributed by atoms with van der Waals surface area (Å²) < 4.78 is 14.4. The van der Waals surface area contributed by atoms with E-state index in [9.17, 15) is 14.0 Å². The molecule has 0 spiro atoms. The van der Waals surface area contributed by atoms with Crippen LogP contribution in [0.5, 0.6) is 0 Å². The number of aromatic nitrogens is 2. The van der Waals surface area contributed by atoms with E-state index in [-0.39, 0.29) is 28.1 Å². The summed E-state index contributed by atoms with van der Waals surface area (Å²) in [6, 6.07) is 13.0. The molecule has 1 amide bonds. The van der Waals surface area contributed by atoms with Crippen LogP contribution < -0.4 is 10.9 Å². The zero-order valence-corrected chi connectivity index (χ0v) is 14.8. The van der Waals surface area contributed by atoms with Gasteiger partial charge in [0.05, 0.1) is 5.75 Å². The number of anilines is 1. The Morgan fingerprint density at radius 2 is 2.00 bits per heavy atom. The van der Waals surface area contributed by atoms with Crippen LogP contribution in [0.2, 0.25) is 0 Å². The number of nitrogens with zero attached hydrogens (tertiary/aromatic N) is 2. The molecule has 0 atom stereocenters. The van der Waals surface area contributed by atoms with Gasteiger partial charge in [0.1, 0.15) is 5.82 Å². The van der Waals surface area contributed by atoms with E-state index in [2.05, 4.69) is 10.3 Å². The lowest BCUT2D eigenvalue weighted by Crippen LogP contribution is -2.22. The minimum Gasteiger partial charge on any atom is -0.325 e. The van der Waals surface area contributed by atoms with Crippen molar-refractivity contribution in [1.82, 2.24) is 9.55 Å². The zero-order valence-electron chi connectivity index (χ0n) is 14.0. The molecule has 0 unspecified atom stereocenters. The highest BCUT2D eigenvalue weighted by Gasteiger charge is 2.10. The summed E-state index contributed by atoms with van der Waals surface area (Å²) in [4.78, 5) is 28.7. The Hall–Kier alpha value is -2.93. The Kier molecular flexibility index (Phi) is 5.48. The molecule has 132 valence electrons. The van der Waals surface area contributed by atoms with E-state index in [1.807, 2.05) is 31.2 Å². The van der Waals surface area contributed by atoms with E-state index >= 15 is 0 Å². The molecule has 5 nitrogen and oxygen atoms in total. The molecule has 0 aliphatic heterocycles. The molecule has 3 rings (SSSR count). The summed E-state index contributed by atoms with van der Waals surface area (Å²) in [6.45, 7) is 1.95. The van der Waals surface area contributed by atoms with Crippen LogP contribution in [0.25, 0.3) is 5.69 Å². The molecule has 0 aliphatic rings. The summed E-state index contributed by atoms with van der Waals surface area (Å²) in [5.41, 5.74) is 2.00. The summed E-state index contributed by atoms with van der Waals surface area (Å²) in [5, 5.41) is 2.89. The topological polar surface area (TPSA) is 64.0 Å². The van der Waals surface area contributed by atoms with Gasteiger partial charge in [0.15, 0.2) is 5.03 Å². The van der Waals surface area contributed by atoms with Gasteiger partial charge in [0.2, 0.25) is 5.91 Å². The van der Waals surface area contributed by atoms with Crippen LogP contribution in [0.1, 0.15) is 5.56 Å². The Morgan fingerprint density at radius 3 is 2.73 bits per heavy atom. The average Bonchev–Trinajstić information content (AvgIpc) is 2.63.